The molecule has 1 N–H and O–H groups in total. The number of halogens is 1. The topological polar surface area (TPSA) is 51.2 Å². The van der Waals surface area contributed by atoms with E-state index in [1.807, 2.05) is 42.5 Å². The van der Waals surface area contributed by atoms with Gasteiger partial charge in [0.1, 0.15) is 11.4 Å². The molecule has 0 aliphatic carbocycles. The molecule has 5 heteroatoms. The summed E-state index contributed by atoms with van der Waals surface area (Å²) >= 11 is 3.45. The average Bonchev–Trinajstić information content (AvgIpc) is 2.67. The van der Waals surface area contributed by atoms with Crippen LogP contribution in [0.1, 0.15) is 16.1 Å². The van der Waals surface area contributed by atoms with E-state index in [4.69, 9.17) is 4.74 Å². The number of methoxy groups -OCH3 is 1. The number of rotatable bonds is 5. The van der Waals surface area contributed by atoms with Crippen LogP contribution in [0.15, 0.2) is 71.3 Å². The lowest BCUT2D eigenvalue weighted by molar-refractivity contribution is 0.0946. The first-order valence-corrected chi connectivity index (χ1v) is 8.59. The number of nitrogens with one attached hydrogen (secondary N) is 1. The lowest BCUT2D eigenvalue weighted by Gasteiger charge is -2.15. The summed E-state index contributed by atoms with van der Waals surface area (Å²) in [4.78, 5) is 16.4. The molecule has 0 saturated carbocycles. The van der Waals surface area contributed by atoms with Gasteiger partial charge in [0.2, 0.25) is 0 Å². The van der Waals surface area contributed by atoms with E-state index in [9.17, 15) is 4.79 Å². The predicted octanol–water partition coefficient (Wildman–Crippen LogP) is 4.45. The van der Waals surface area contributed by atoms with Gasteiger partial charge in [0.05, 0.1) is 7.11 Å². The summed E-state index contributed by atoms with van der Waals surface area (Å²) in [7, 11) is 1.63. The first-order chi connectivity index (χ1) is 12.2. The first-order valence-electron chi connectivity index (χ1n) is 7.80. The molecule has 0 saturated heterocycles. The summed E-state index contributed by atoms with van der Waals surface area (Å²) in [5.74, 6) is 0.523. The maximum absolute atomic E-state index is 12.3. The summed E-state index contributed by atoms with van der Waals surface area (Å²) in [6, 6.07) is 19.2. The number of aromatic nitrogens is 1. The number of hydrogen-bond acceptors (Lipinski definition) is 3. The lowest BCUT2D eigenvalue weighted by Crippen LogP contribution is -2.24. The molecule has 1 aromatic heterocycles. The monoisotopic (exact) mass is 396 g/mol. The van der Waals surface area contributed by atoms with Gasteiger partial charge in [-0.15, -0.1) is 0 Å². The predicted molar refractivity (Wildman–Crippen MR) is 102 cm³/mol. The van der Waals surface area contributed by atoms with E-state index in [1.165, 1.54) is 0 Å². The van der Waals surface area contributed by atoms with Crippen LogP contribution in [0.2, 0.25) is 0 Å². The van der Waals surface area contributed by atoms with Crippen LogP contribution in [0.5, 0.6) is 5.75 Å². The minimum Gasteiger partial charge on any atom is -0.496 e. The van der Waals surface area contributed by atoms with Crippen LogP contribution < -0.4 is 10.1 Å². The third kappa shape index (κ3) is 4.06. The highest BCUT2D eigenvalue weighted by molar-refractivity contribution is 9.10. The largest absolute Gasteiger partial charge is 0.496 e. The Kier molecular flexibility index (Phi) is 5.46. The second-order valence-electron chi connectivity index (χ2n) is 5.39. The van der Waals surface area contributed by atoms with Crippen molar-refractivity contribution in [3.8, 4) is 16.9 Å². The quantitative estimate of drug-likeness (QED) is 0.692. The van der Waals surface area contributed by atoms with Gasteiger partial charge in [-0.05, 0) is 41.5 Å². The number of nitrogens with zero attached hydrogens (tertiary/aromatic N) is 1. The normalized spacial score (nSPS) is 10.3. The Morgan fingerprint density at radius 2 is 1.88 bits per heavy atom. The molecular formula is C20H17BrN2O2. The third-order valence-corrected chi connectivity index (χ3v) is 4.36. The van der Waals surface area contributed by atoms with E-state index in [0.717, 1.165) is 26.9 Å². The number of ether oxygens (including phenoxy) is 1. The van der Waals surface area contributed by atoms with Gasteiger partial charge in [-0.2, -0.15) is 0 Å². The van der Waals surface area contributed by atoms with Crippen LogP contribution in [-0.4, -0.2) is 18.0 Å². The van der Waals surface area contributed by atoms with E-state index in [-0.39, 0.29) is 5.91 Å². The number of carbonyl (C=O) groups excluding carboxylic acids is 1. The molecule has 3 aromatic rings. The van der Waals surface area contributed by atoms with Gasteiger partial charge >= 0.3 is 0 Å². The molecule has 126 valence electrons. The van der Waals surface area contributed by atoms with Gasteiger partial charge in [-0.3, -0.25) is 9.78 Å². The molecule has 1 heterocycles. The second kappa shape index (κ2) is 7.94. The molecule has 0 bridgehead atoms. The van der Waals surface area contributed by atoms with Gasteiger partial charge in [-0.25, -0.2) is 0 Å². The number of pyridine rings is 1. The molecule has 0 radical (unpaired) electrons. The molecule has 0 unspecified atom stereocenters. The Labute approximate surface area is 155 Å². The molecular weight excluding hydrogens is 380 g/mol. The van der Waals surface area contributed by atoms with Crippen molar-refractivity contribution in [3.05, 3.63) is 82.6 Å². The van der Waals surface area contributed by atoms with E-state index in [2.05, 4.69) is 26.2 Å². The van der Waals surface area contributed by atoms with Crippen LogP contribution in [-0.2, 0) is 6.54 Å². The molecule has 2 aromatic carbocycles. The van der Waals surface area contributed by atoms with Crippen molar-refractivity contribution < 1.29 is 9.53 Å². The highest BCUT2D eigenvalue weighted by Gasteiger charge is 2.13. The van der Waals surface area contributed by atoms with Crippen LogP contribution in [0.4, 0.5) is 0 Å². The Bertz CT molecular complexity index is 865. The molecule has 3 rings (SSSR count). The van der Waals surface area contributed by atoms with Crippen LogP contribution in [0.3, 0.4) is 0 Å². The minimum absolute atomic E-state index is 0.215. The Morgan fingerprint density at radius 3 is 2.56 bits per heavy atom. The van der Waals surface area contributed by atoms with Crippen LogP contribution in [0.25, 0.3) is 11.1 Å². The summed E-state index contributed by atoms with van der Waals surface area (Å²) in [5.41, 5.74) is 3.40. The Balaban J connectivity index is 1.89. The third-order valence-electron chi connectivity index (χ3n) is 3.83. The summed E-state index contributed by atoms with van der Waals surface area (Å²) in [6.45, 7) is 0.352. The average molecular weight is 397 g/mol. The maximum atomic E-state index is 12.3. The number of hydrogen-bond donors (Lipinski definition) is 1. The van der Waals surface area contributed by atoms with Crippen molar-refractivity contribution >= 4 is 21.8 Å². The number of benzene rings is 2. The summed E-state index contributed by atoms with van der Waals surface area (Å²) in [5, 5.41) is 2.92. The van der Waals surface area contributed by atoms with E-state index in [1.54, 1.807) is 31.5 Å². The first kappa shape index (κ1) is 17.2. The Morgan fingerprint density at radius 1 is 1.08 bits per heavy atom. The van der Waals surface area contributed by atoms with Crippen LogP contribution >= 0.6 is 15.9 Å². The number of carbonyl (C=O) groups is 1. The fraction of sp³-hybridized carbons (Fsp3) is 0.100. The van der Waals surface area contributed by atoms with Crippen molar-refractivity contribution in [2.75, 3.05) is 7.11 Å². The SMILES string of the molecule is COc1cccc(-c2ccc(Br)cc2)c1CNC(=O)c1ccccn1. The van der Waals surface area contributed by atoms with Gasteiger partial charge in [0, 0.05) is 22.8 Å². The number of amides is 1. The zero-order valence-corrected chi connectivity index (χ0v) is 15.3. The van der Waals surface area contributed by atoms with Crippen LogP contribution in [0, 0.1) is 0 Å². The van der Waals surface area contributed by atoms with Crippen molar-refractivity contribution in [3.63, 3.8) is 0 Å². The highest BCUT2D eigenvalue weighted by Crippen LogP contribution is 2.31. The second-order valence-corrected chi connectivity index (χ2v) is 6.31. The van der Waals surface area contributed by atoms with Crippen molar-refractivity contribution in [1.29, 1.82) is 0 Å². The van der Waals surface area contributed by atoms with Gasteiger partial charge < -0.3 is 10.1 Å². The minimum atomic E-state index is -0.215. The van der Waals surface area contributed by atoms with Gasteiger partial charge in [0.15, 0.2) is 0 Å². The summed E-state index contributed by atoms with van der Waals surface area (Å²) < 4.78 is 6.51. The van der Waals surface area contributed by atoms with Crippen molar-refractivity contribution in [2.24, 2.45) is 0 Å². The smallest absolute Gasteiger partial charge is 0.270 e. The Hall–Kier alpha value is -2.66. The molecule has 0 spiro atoms. The molecule has 1 amide bonds. The molecule has 0 aliphatic heterocycles. The summed E-state index contributed by atoms with van der Waals surface area (Å²) in [6.07, 6.45) is 1.60. The molecule has 0 fully saturated rings. The fourth-order valence-corrected chi connectivity index (χ4v) is 2.86. The molecule has 0 atom stereocenters. The van der Waals surface area contributed by atoms with E-state index in [0.29, 0.717) is 12.2 Å². The zero-order chi connectivity index (χ0) is 17.6. The maximum Gasteiger partial charge on any atom is 0.270 e. The fourth-order valence-electron chi connectivity index (χ4n) is 2.60. The van der Waals surface area contributed by atoms with E-state index >= 15 is 0 Å². The van der Waals surface area contributed by atoms with Crippen molar-refractivity contribution in [1.82, 2.24) is 10.3 Å². The lowest BCUT2D eigenvalue weighted by atomic mass is 9.98. The van der Waals surface area contributed by atoms with E-state index < -0.39 is 0 Å². The molecule has 0 aliphatic rings. The van der Waals surface area contributed by atoms with Gasteiger partial charge in [-0.1, -0.05) is 46.3 Å². The van der Waals surface area contributed by atoms with Crippen molar-refractivity contribution in [2.45, 2.75) is 6.54 Å². The highest BCUT2D eigenvalue weighted by atomic mass is 79.9. The molecule has 25 heavy (non-hydrogen) atoms. The zero-order valence-electron chi connectivity index (χ0n) is 13.7. The standard InChI is InChI=1S/C20H17BrN2O2/c1-25-19-7-4-5-16(14-8-10-15(21)11-9-14)17(19)13-23-20(24)18-6-2-3-12-22-18/h2-12H,13H2,1H3,(H,23,24). The molecule has 4 nitrogen and oxygen atoms in total. The van der Waals surface area contributed by atoms with Gasteiger partial charge in [0.25, 0.3) is 5.91 Å².